The van der Waals surface area contributed by atoms with E-state index in [9.17, 15) is 9.59 Å². The predicted molar refractivity (Wildman–Crippen MR) is 87.6 cm³/mol. The normalized spacial score (nSPS) is 17.1. The number of cyclic esters (lactones) is 1. The van der Waals surface area contributed by atoms with Gasteiger partial charge in [-0.3, -0.25) is 0 Å². The Labute approximate surface area is 142 Å². The van der Waals surface area contributed by atoms with Gasteiger partial charge in [-0.1, -0.05) is 30.0 Å². The first-order valence-corrected chi connectivity index (χ1v) is 9.00. The molecule has 1 aliphatic heterocycles. The van der Waals surface area contributed by atoms with Gasteiger partial charge >= 0.3 is 11.9 Å². The molecular formula is C16H15NO4S2. The highest BCUT2D eigenvalue weighted by Crippen LogP contribution is 2.27. The first-order valence-electron chi connectivity index (χ1n) is 7.14. The Balaban J connectivity index is 1.69. The van der Waals surface area contributed by atoms with Gasteiger partial charge in [0.1, 0.15) is 4.34 Å². The van der Waals surface area contributed by atoms with Crippen molar-refractivity contribution in [3.8, 4) is 0 Å². The molecule has 0 bridgehead atoms. The van der Waals surface area contributed by atoms with Crippen LogP contribution >= 0.6 is 23.1 Å². The smallest absolute Gasteiger partial charge is 0.347 e. The Morgan fingerprint density at radius 3 is 3.00 bits per heavy atom. The molecule has 0 amide bonds. The summed E-state index contributed by atoms with van der Waals surface area (Å²) < 4.78 is 11.0. The Kier molecular flexibility index (Phi) is 4.97. The van der Waals surface area contributed by atoms with Crippen LogP contribution in [0.2, 0.25) is 0 Å². The molecule has 2 heterocycles. The molecule has 0 aliphatic carbocycles. The molecule has 23 heavy (non-hydrogen) atoms. The lowest BCUT2D eigenvalue weighted by Crippen LogP contribution is -2.23. The maximum absolute atomic E-state index is 12.3. The van der Waals surface area contributed by atoms with Gasteiger partial charge in [0.2, 0.25) is 6.10 Å². The van der Waals surface area contributed by atoms with Crippen LogP contribution in [-0.4, -0.2) is 29.6 Å². The number of benzene rings is 1. The highest BCUT2D eigenvalue weighted by Gasteiger charge is 2.31. The van der Waals surface area contributed by atoms with Gasteiger partial charge in [-0.15, -0.1) is 11.3 Å². The Hall–Kier alpha value is -1.86. The van der Waals surface area contributed by atoms with E-state index in [1.165, 1.54) is 0 Å². The summed E-state index contributed by atoms with van der Waals surface area (Å²) >= 11 is 3.16. The average Bonchev–Trinajstić information content (AvgIpc) is 3.14. The van der Waals surface area contributed by atoms with Gasteiger partial charge < -0.3 is 9.47 Å². The van der Waals surface area contributed by atoms with E-state index in [4.69, 9.17) is 9.47 Å². The number of carbonyl (C=O) groups excluding carboxylic acids is 2. The molecule has 0 unspecified atom stereocenters. The van der Waals surface area contributed by atoms with Crippen LogP contribution in [0.3, 0.4) is 0 Å². The SMILES string of the molecule is Cc1csc(SCc2ccccc2C(=O)O[C@@H]2CCOC2=O)n1. The third-order valence-corrected chi connectivity index (χ3v) is 5.51. The highest BCUT2D eigenvalue weighted by molar-refractivity contribution is 8.00. The summed E-state index contributed by atoms with van der Waals surface area (Å²) in [5, 5.41) is 1.99. The zero-order chi connectivity index (χ0) is 16.2. The molecule has 1 aromatic heterocycles. The van der Waals surface area contributed by atoms with Crippen molar-refractivity contribution in [2.45, 2.75) is 29.5 Å². The van der Waals surface area contributed by atoms with Crippen molar-refractivity contribution >= 4 is 35.0 Å². The summed E-state index contributed by atoms with van der Waals surface area (Å²) in [6.07, 6.45) is -0.371. The second-order valence-corrected chi connectivity index (χ2v) is 7.13. The lowest BCUT2D eigenvalue weighted by atomic mass is 10.1. The monoisotopic (exact) mass is 349 g/mol. The zero-order valence-corrected chi connectivity index (χ0v) is 14.1. The molecule has 0 N–H and O–H groups in total. The van der Waals surface area contributed by atoms with Crippen molar-refractivity contribution in [1.29, 1.82) is 0 Å². The number of ether oxygens (including phenoxy) is 2. The molecule has 0 saturated carbocycles. The molecule has 5 nitrogen and oxygen atoms in total. The molecule has 1 fully saturated rings. The minimum atomic E-state index is -0.787. The molecule has 1 saturated heterocycles. The van der Waals surface area contributed by atoms with E-state index in [1.54, 1.807) is 35.2 Å². The third-order valence-electron chi connectivity index (χ3n) is 3.32. The first kappa shape index (κ1) is 16.0. The number of carbonyl (C=O) groups is 2. The summed E-state index contributed by atoms with van der Waals surface area (Å²) in [7, 11) is 0. The number of esters is 2. The van der Waals surface area contributed by atoms with Crippen LogP contribution in [0.1, 0.15) is 28.0 Å². The van der Waals surface area contributed by atoms with Crippen LogP contribution in [0, 0.1) is 6.92 Å². The van der Waals surface area contributed by atoms with Crippen LogP contribution in [0.5, 0.6) is 0 Å². The van der Waals surface area contributed by atoms with Gasteiger partial charge in [-0.05, 0) is 18.6 Å². The average molecular weight is 349 g/mol. The van der Waals surface area contributed by atoms with Crippen LogP contribution in [0.4, 0.5) is 0 Å². The molecule has 1 aromatic carbocycles. The maximum atomic E-state index is 12.3. The molecule has 3 rings (SSSR count). The van der Waals surface area contributed by atoms with E-state index >= 15 is 0 Å². The standard InChI is InChI=1S/C16H15NO4S2/c1-10-8-22-16(17-10)23-9-11-4-2-3-5-12(11)14(18)21-13-6-7-20-15(13)19/h2-5,8,13H,6-7,9H2,1H3/t13-/m1/s1. The molecule has 2 aromatic rings. The van der Waals surface area contributed by atoms with E-state index < -0.39 is 18.0 Å². The van der Waals surface area contributed by atoms with Crippen molar-refractivity contribution in [1.82, 2.24) is 4.98 Å². The van der Waals surface area contributed by atoms with Crippen LogP contribution in [-0.2, 0) is 20.0 Å². The minimum absolute atomic E-state index is 0.303. The van der Waals surface area contributed by atoms with Crippen LogP contribution in [0.15, 0.2) is 34.0 Å². The van der Waals surface area contributed by atoms with Gasteiger partial charge in [0.25, 0.3) is 0 Å². The summed E-state index contributed by atoms with van der Waals surface area (Å²) in [6.45, 7) is 2.25. The number of rotatable bonds is 5. The second-order valence-electron chi connectivity index (χ2n) is 5.05. The molecular weight excluding hydrogens is 334 g/mol. The fourth-order valence-electron chi connectivity index (χ4n) is 2.16. The maximum Gasteiger partial charge on any atom is 0.347 e. The lowest BCUT2D eigenvalue weighted by molar-refractivity contribution is -0.145. The summed E-state index contributed by atoms with van der Waals surface area (Å²) in [5.41, 5.74) is 2.33. The lowest BCUT2D eigenvalue weighted by Gasteiger charge is -2.11. The Bertz CT molecular complexity index is 728. The summed E-state index contributed by atoms with van der Waals surface area (Å²) in [5.74, 6) is -0.336. The van der Waals surface area contributed by atoms with Crippen molar-refractivity contribution in [2.75, 3.05) is 6.61 Å². The van der Waals surface area contributed by atoms with Crippen molar-refractivity contribution in [2.24, 2.45) is 0 Å². The fraction of sp³-hybridized carbons (Fsp3) is 0.312. The minimum Gasteiger partial charge on any atom is -0.463 e. The molecule has 1 aliphatic rings. The van der Waals surface area contributed by atoms with E-state index in [0.29, 0.717) is 24.3 Å². The number of hydrogen-bond donors (Lipinski definition) is 0. The van der Waals surface area contributed by atoms with Crippen molar-refractivity contribution in [3.05, 3.63) is 46.5 Å². The molecule has 0 radical (unpaired) electrons. The van der Waals surface area contributed by atoms with Crippen LogP contribution in [0.25, 0.3) is 0 Å². The fourth-order valence-corrected chi connectivity index (χ4v) is 4.01. The molecule has 0 spiro atoms. The number of nitrogens with zero attached hydrogens (tertiary/aromatic N) is 1. The largest absolute Gasteiger partial charge is 0.463 e. The van der Waals surface area contributed by atoms with Crippen molar-refractivity contribution in [3.63, 3.8) is 0 Å². The van der Waals surface area contributed by atoms with Crippen molar-refractivity contribution < 1.29 is 19.1 Å². The number of thiazole rings is 1. The number of aryl methyl sites for hydroxylation is 1. The number of hydrogen-bond acceptors (Lipinski definition) is 7. The van der Waals surface area contributed by atoms with E-state index in [1.807, 2.05) is 24.4 Å². The number of aromatic nitrogens is 1. The molecule has 7 heteroatoms. The van der Waals surface area contributed by atoms with Gasteiger partial charge in [0, 0.05) is 23.2 Å². The third kappa shape index (κ3) is 3.92. The highest BCUT2D eigenvalue weighted by atomic mass is 32.2. The van der Waals surface area contributed by atoms with Gasteiger partial charge in [-0.25, -0.2) is 14.6 Å². The molecule has 1 atom stereocenters. The van der Waals surface area contributed by atoms with Gasteiger partial charge in [0.15, 0.2) is 0 Å². The second kappa shape index (κ2) is 7.14. The van der Waals surface area contributed by atoms with Crippen LogP contribution < -0.4 is 0 Å². The summed E-state index contributed by atoms with van der Waals surface area (Å²) in [4.78, 5) is 28.2. The molecule has 120 valence electrons. The first-order chi connectivity index (χ1) is 11.1. The quantitative estimate of drug-likeness (QED) is 0.610. The van der Waals surface area contributed by atoms with E-state index in [2.05, 4.69) is 4.98 Å². The van der Waals surface area contributed by atoms with Gasteiger partial charge in [0.05, 0.1) is 12.2 Å². The summed E-state index contributed by atoms with van der Waals surface area (Å²) in [6, 6.07) is 7.26. The number of thioether (sulfide) groups is 1. The Morgan fingerprint density at radius 1 is 1.48 bits per heavy atom. The van der Waals surface area contributed by atoms with Gasteiger partial charge in [-0.2, -0.15) is 0 Å². The topological polar surface area (TPSA) is 65.5 Å². The predicted octanol–water partition coefficient (Wildman–Crippen LogP) is 3.22. The zero-order valence-electron chi connectivity index (χ0n) is 12.5. The van der Waals surface area contributed by atoms with E-state index in [-0.39, 0.29) is 0 Å². The van der Waals surface area contributed by atoms with E-state index in [0.717, 1.165) is 15.6 Å². The Morgan fingerprint density at radius 2 is 2.30 bits per heavy atom.